The van der Waals surface area contributed by atoms with Gasteiger partial charge in [0.1, 0.15) is 5.82 Å². The fraction of sp³-hybridized carbons (Fsp3) is 0.588. The maximum Gasteiger partial charge on any atom is 0.257 e. The van der Waals surface area contributed by atoms with Crippen LogP contribution in [0.15, 0.2) is 18.6 Å². The summed E-state index contributed by atoms with van der Waals surface area (Å²) in [4.78, 5) is 21.9. The number of piperazine rings is 1. The van der Waals surface area contributed by atoms with Crippen LogP contribution in [0.4, 0.5) is 0 Å². The Hall–Kier alpha value is -2.15. The van der Waals surface area contributed by atoms with Gasteiger partial charge in [-0.1, -0.05) is 13.8 Å². The molecule has 1 saturated heterocycles. The van der Waals surface area contributed by atoms with E-state index in [4.69, 9.17) is 0 Å². The maximum atomic E-state index is 13.0. The molecule has 1 aliphatic heterocycles. The number of likely N-dealkylation sites (N-methyl/N-ethyl adjacent to an activating group) is 1. The lowest BCUT2D eigenvalue weighted by Gasteiger charge is -2.40. The van der Waals surface area contributed by atoms with Crippen molar-refractivity contribution in [3.63, 3.8) is 0 Å². The predicted molar refractivity (Wildman–Crippen MR) is 91.7 cm³/mol. The summed E-state index contributed by atoms with van der Waals surface area (Å²) < 4.78 is 3.77. The van der Waals surface area contributed by atoms with E-state index in [0.29, 0.717) is 6.54 Å². The highest BCUT2D eigenvalue weighted by Gasteiger charge is 2.33. The van der Waals surface area contributed by atoms with Crippen LogP contribution in [-0.4, -0.2) is 61.2 Å². The Kier molecular flexibility index (Phi) is 4.71. The van der Waals surface area contributed by atoms with Gasteiger partial charge in [0, 0.05) is 52.3 Å². The van der Waals surface area contributed by atoms with Crippen molar-refractivity contribution in [1.29, 1.82) is 0 Å². The van der Waals surface area contributed by atoms with E-state index in [1.165, 1.54) is 0 Å². The summed E-state index contributed by atoms with van der Waals surface area (Å²) in [5.74, 6) is 1.09. The number of aryl methyl sites for hydroxylation is 3. The number of carbonyl (C=O) groups excluding carboxylic acids is 1. The van der Waals surface area contributed by atoms with E-state index in [0.717, 1.165) is 43.1 Å². The molecular formula is C17H26N6O. The summed E-state index contributed by atoms with van der Waals surface area (Å²) in [6.07, 6.45) is 6.38. The average molecular weight is 330 g/mol. The van der Waals surface area contributed by atoms with Crippen molar-refractivity contribution < 1.29 is 4.79 Å². The Balaban J connectivity index is 1.85. The minimum absolute atomic E-state index is 0.0786. The molecule has 0 aliphatic carbocycles. The quantitative estimate of drug-likeness (QED) is 0.846. The van der Waals surface area contributed by atoms with Crippen LogP contribution < -0.4 is 0 Å². The molecule has 0 saturated carbocycles. The first kappa shape index (κ1) is 16.7. The molecule has 0 radical (unpaired) electrons. The van der Waals surface area contributed by atoms with E-state index in [1.54, 1.807) is 4.68 Å². The molecule has 1 amide bonds. The summed E-state index contributed by atoms with van der Waals surface area (Å²) in [6, 6.07) is 0.134. The molecule has 0 unspecified atom stereocenters. The molecule has 1 aliphatic rings. The molecular weight excluding hydrogens is 304 g/mol. The van der Waals surface area contributed by atoms with Crippen LogP contribution in [0.2, 0.25) is 0 Å². The van der Waals surface area contributed by atoms with Gasteiger partial charge in [-0.2, -0.15) is 5.10 Å². The Bertz CT molecular complexity index is 718. The number of hydrogen-bond donors (Lipinski definition) is 0. The molecule has 2 aromatic rings. The summed E-state index contributed by atoms with van der Waals surface area (Å²) >= 11 is 0. The van der Waals surface area contributed by atoms with Gasteiger partial charge in [-0.25, -0.2) is 4.98 Å². The van der Waals surface area contributed by atoms with E-state index in [1.807, 2.05) is 49.1 Å². The Morgan fingerprint density at radius 2 is 2.08 bits per heavy atom. The number of carbonyl (C=O) groups is 1. The Morgan fingerprint density at radius 3 is 2.71 bits per heavy atom. The third-order valence-corrected chi connectivity index (χ3v) is 4.81. The second kappa shape index (κ2) is 6.76. The van der Waals surface area contributed by atoms with E-state index in [-0.39, 0.29) is 11.9 Å². The smallest absolute Gasteiger partial charge is 0.257 e. The lowest BCUT2D eigenvalue weighted by Crippen LogP contribution is -2.51. The van der Waals surface area contributed by atoms with Gasteiger partial charge >= 0.3 is 0 Å². The van der Waals surface area contributed by atoms with E-state index < -0.39 is 0 Å². The van der Waals surface area contributed by atoms with Crippen molar-refractivity contribution in [2.45, 2.75) is 26.3 Å². The second-order valence-electron chi connectivity index (χ2n) is 6.31. The van der Waals surface area contributed by atoms with Gasteiger partial charge in [0.05, 0.1) is 17.3 Å². The fourth-order valence-corrected chi connectivity index (χ4v) is 3.47. The van der Waals surface area contributed by atoms with Crippen molar-refractivity contribution in [3.05, 3.63) is 35.7 Å². The van der Waals surface area contributed by atoms with Crippen molar-refractivity contribution >= 4 is 5.91 Å². The van der Waals surface area contributed by atoms with Crippen LogP contribution in [0.25, 0.3) is 0 Å². The maximum absolute atomic E-state index is 13.0. The highest BCUT2D eigenvalue weighted by Crippen LogP contribution is 2.25. The summed E-state index contributed by atoms with van der Waals surface area (Å²) in [5, 5.41) is 4.40. The molecule has 24 heavy (non-hydrogen) atoms. The van der Waals surface area contributed by atoms with Crippen molar-refractivity contribution in [1.82, 2.24) is 29.1 Å². The van der Waals surface area contributed by atoms with Gasteiger partial charge < -0.3 is 9.47 Å². The topological polar surface area (TPSA) is 59.2 Å². The largest absolute Gasteiger partial charge is 0.337 e. The van der Waals surface area contributed by atoms with Gasteiger partial charge in [-0.05, 0) is 13.0 Å². The molecule has 0 spiro atoms. The zero-order valence-electron chi connectivity index (χ0n) is 14.9. The number of rotatable bonds is 4. The van der Waals surface area contributed by atoms with Gasteiger partial charge in [-0.3, -0.25) is 14.4 Å². The van der Waals surface area contributed by atoms with Gasteiger partial charge in [0.25, 0.3) is 5.91 Å². The first-order chi connectivity index (χ1) is 11.5. The number of hydrogen-bond acceptors (Lipinski definition) is 4. The second-order valence-corrected chi connectivity index (χ2v) is 6.31. The molecule has 130 valence electrons. The minimum atomic E-state index is 0.0786. The molecule has 0 N–H and O–H groups in total. The van der Waals surface area contributed by atoms with Crippen LogP contribution in [0, 0.1) is 0 Å². The molecule has 3 rings (SSSR count). The van der Waals surface area contributed by atoms with Crippen molar-refractivity contribution in [3.8, 4) is 0 Å². The third kappa shape index (κ3) is 2.96. The van der Waals surface area contributed by atoms with Gasteiger partial charge in [-0.15, -0.1) is 0 Å². The Labute approximate surface area is 142 Å². The molecule has 1 atom stereocenters. The zero-order chi connectivity index (χ0) is 17.3. The standard InChI is InChI=1S/C17H26N6O/c1-5-14-13(11-21(4)19-14)17(24)23-10-9-22(6-2)15(12-23)16-18-7-8-20(16)3/h7-8,11,15H,5-6,9-10,12H2,1-4H3/t15-/m1/s1. The van der Waals surface area contributed by atoms with Crippen molar-refractivity contribution in [2.75, 3.05) is 26.2 Å². The molecule has 1 fully saturated rings. The zero-order valence-corrected chi connectivity index (χ0v) is 14.9. The first-order valence-corrected chi connectivity index (χ1v) is 8.58. The highest BCUT2D eigenvalue weighted by molar-refractivity contribution is 5.95. The molecule has 7 heteroatoms. The number of nitrogens with zero attached hydrogens (tertiary/aromatic N) is 6. The molecule has 7 nitrogen and oxygen atoms in total. The summed E-state index contributed by atoms with van der Waals surface area (Å²) in [7, 11) is 3.87. The molecule has 0 aromatic carbocycles. The first-order valence-electron chi connectivity index (χ1n) is 8.58. The van der Waals surface area contributed by atoms with Crippen LogP contribution >= 0.6 is 0 Å². The third-order valence-electron chi connectivity index (χ3n) is 4.81. The minimum Gasteiger partial charge on any atom is -0.337 e. The average Bonchev–Trinajstić information content (AvgIpc) is 3.18. The number of aromatic nitrogens is 4. The predicted octanol–water partition coefficient (Wildman–Crippen LogP) is 1.23. The van der Waals surface area contributed by atoms with Crippen LogP contribution in [-0.2, 0) is 20.5 Å². The van der Waals surface area contributed by atoms with Crippen LogP contribution in [0.3, 0.4) is 0 Å². The van der Waals surface area contributed by atoms with E-state index in [9.17, 15) is 4.79 Å². The lowest BCUT2D eigenvalue weighted by molar-refractivity contribution is 0.0472. The SMILES string of the molecule is CCc1nn(C)cc1C(=O)N1CCN(CC)[C@@H](c2nccn2C)C1. The van der Waals surface area contributed by atoms with E-state index >= 15 is 0 Å². The monoisotopic (exact) mass is 330 g/mol. The van der Waals surface area contributed by atoms with Crippen LogP contribution in [0.5, 0.6) is 0 Å². The van der Waals surface area contributed by atoms with Crippen LogP contribution in [0.1, 0.15) is 41.8 Å². The van der Waals surface area contributed by atoms with E-state index in [2.05, 4.69) is 21.9 Å². The van der Waals surface area contributed by atoms with Gasteiger partial charge in [0.2, 0.25) is 0 Å². The van der Waals surface area contributed by atoms with Crippen molar-refractivity contribution in [2.24, 2.45) is 14.1 Å². The number of amides is 1. The molecule has 0 bridgehead atoms. The molecule has 2 aromatic heterocycles. The lowest BCUT2D eigenvalue weighted by atomic mass is 10.1. The molecule has 3 heterocycles. The highest BCUT2D eigenvalue weighted by atomic mass is 16.2. The summed E-state index contributed by atoms with van der Waals surface area (Å²) in [6.45, 7) is 7.41. The fourth-order valence-electron chi connectivity index (χ4n) is 3.47. The number of imidazole rings is 1. The normalized spacial score (nSPS) is 19.0. The summed E-state index contributed by atoms with van der Waals surface area (Å²) in [5.41, 5.74) is 1.59. The Morgan fingerprint density at radius 1 is 1.29 bits per heavy atom. The van der Waals surface area contributed by atoms with Gasteiger partial charge in [0.15, 0.2) is 0 Å².